The minimum Gasteiger partial charge on any atom is -0.351 e. The van der Waals surface area contributed by atoms with Gasteiger partial charge in [0.15, 0.2) is 5.69 Å². The number of pyridine rings is 1. The molecule has 0 amide bonds. The van der Waals surface area contributed by atoms with Crippen LogP contribution in [0.15, 0.2) is 30.5 Å². The molecule has 0 unspecified atom stereocenters. The van der Waals surface area contributed by atoms with Gasteiger partial charge in [0.05, 0.1) is 12.2 Å². The average Bonchev–Trinajstić information content (AvgIpc) is 2.44. The molecule has 2 aromatic rings. The van der Waals surface area contributed by atoms with Crippen LogP contribution in [0, 0.1) is 0 Å². The Morgan fingerprint density at radius 3 is 2.57 bits per heavy atom. The predicted octanol–water partition coefficient (Wildman–Crippen LogP) is 3.57. The number of rotatable bonds is 4. The molecule has 0 spiro atoms. The maximum atomic E-state index is 12.8. The highest BCUT2D eigenvalue weighted by Crippen LogP contribution is 2.30. The molecule has 0 atom stereocenters. The van der Waals surface area contributed by atoms with E-state index in [9.17, 15) is 13.2 Å². The van der Waals surface area contributed by atoms with E-state index in [0.29, 0.717) is 13.1 Å². The third kappa shape index (κ3) is 4.04. The molecule has 2 rings (SSSR count). The first-order valence-corrected chi connectivity index (χ1v) is 6.54. The second-order valence-electron chi connectivity index (χ2n) is 4.21. The zero-order chi connectivity index (χ0) is 15.5. The van der Waals surface area contributed by atoms with Gasteiger partial charge in [-0.05, 0) is 30.7 Å². The van der Waals surface area contributed by atoms with Gasteiger partial charge in [0.1, 0.15) is 5.82 Å². The summed E-state index contributed by atoms with van der Waals surface area (Å²) in [6, 6.07) is 6.25. The van der Waals surface area contributed by atoms with Crippen molar-refractivity contribution in [2.45, 2.75) is 19.6 Å². The molecule has 0 N–H and O–H groups in total. The molecule has 0 aliphatic carbocycles. The van der Waals surface area contributed by atoms with E-state index in [2.05, 4.69) is 15.0 Å². The lowest BCUT2D eigenvalue weighted by molar-refractivity contribution is -0.141. The van der Waals surface area contributed by atoms with Crippen molar-refractivity contribution >= 4 is 17.4 Å². The fourth-order valence-electron chi connectivity index (χ4n) is 1.75. The Kier molecular flexibility index (Phi) is 4.62. The molecule has 4 nitrogen and oxygen atoms in total. The first-order chi connectivity index (χ1) is 9.90. The van der Waals surface area contributed by atoms with Gasteiger partial charge in [0.25, 0.3) is 0 Å². The lowest BCUT2D eigenvalue weighted by atomic mass is 10.3. The van der Waals surface area contributed by atoms with Gasteiger partial charge in [-0.2, -0.15) is 13.2 Å². The van der Waals surface area contributed by atoms with Crippen molar-refractivity contribution in [2.75, 3.05) is 11.4 Å². The Balaban J connectivity index is 2.32. The standard InChI is InChI=1S/C13H12ClF3N4/c1-2-21(8-9-5-3-4-6-18-9)11-7-10(13(15,16)17)19-12(14)20-11/h3-7H,2,8H2,1H3. The summed E-state index contributed by atoms with van der Waals surface area (Å²) < 4.78 is 38.3. The van der Waals surface area contributed by atoms with Crippen LogP contribution in [0.25, 0.3) is 0 Å². The molecule has 8 heteroatoms. The summed E-state index contributed by atoms with van der Waals surface area (Å²) >= 11 is 5.60. The third-order valence-electron chi connectivity index (χ3n) is 2.76. The third-order valence-corrected chi connectivity index (χ3v) is 2.93. The highest BCUT2D eigenvalue weighted by atomic mass is 35.5. The van der Waals surface area contributed by atoms with Gasteiger partial charge in [-0.3, -0.25) is 4.98 Å². The number of hydrogen-bond donors (Lipinski definition) is 0. The second-order valence-corrected chi connectivity index (χ2v) is 4.55. The summed E-state index contributed by atoms with van der Waals surface area (Å²) in [6.07, 6.45) is -2.94. The molecule has 0 bridgehead atoms. The Morgan fingerprint density at radius 2 is 2.00 bits per heavy atom. The van der Waals surface area contributed by atoms with Crippen molar-refractivity contribution in [3.05, 3.63) is 47.1 Å². The highest BCUT2D eigenvalue weighted by molar-refractivity contribution is 6.28. The van der Waals surface area contributed by atoms with Crippen LogP contribution in [0.1, 0.15) is 18.3 Å². The van der Waals surface area contributed by atoms with Gasteiger partial charge >= 0.3 is 6.18 Å². The van der Waals surface area contributed by atoms with Crippen LogP contribution in [0.5, 0.6) is 0 Å². The summed E-state index contributed by atoms with van der Waals surface area (Å²) in [7, 11) is 0. The first kappa shape index (κ1) is 15.5. The SMILES string of the molecule is CCN(Cc1ccccn1)c1cc(C(F)(F)F)nc(Cl)n1. The van der Waals surface area contributed by atoms with Crippen LogP contribution in [0.3, 0.4) is 0 Å². The van der Waals surface area contributed by atoms with Gasteiger partial charge in [0.2, 0.25) is 5.28 Å². The monoisotopic (exact) mass is 316 g/mol. The van der Waals surface area contributed by atoms with E-state index in [1.165, 1.54) is 0 Å². The van der Waals surface area contributed by atoms with Gasteiger partial charge in [-0.15, -0.1) is 0 Å². The zero-order valence-corrected chi connectivity index (χ0v) is 11.9. The smallest absolute Gasteiger partial charge is 0.351 e. The van der Waals surface area contributed by atoms with Gasteiger partial charge in [0, 0.05) is 18.8 Å². The van der Waals surface area contributed by atoms with Gasteiger partial charge in [-0.25, -0.2) is 9.97 Å². The minimum absolute atomic E-state index is 0.121. The lowest BCUT2D eigenvalue weighted by Crippen LogP contribution is -2.24. The van der Waals surface area contributed by atoms with E-state index < -0.39 is 17.2 Å². The van der Waals surface area contributed by atoms with E-state index in [-0.39, 0.29) is 5.82 Å². The Hall–Kier alpha value is -1.89. The van der Waals surface area contributed by atoms with Crippen molar-refractivity contribution < 1.29 is 13.2 Å². The van der Waals surface area contributed by atoms with Crippen LogP contribution >= 0.6 is 11.6 Å². The van der Waals surface area contributed by atoms with Crippen molar-refractivity contribution in [3.63, 3.8) is 0 Å². The number of aromatic nitrogens is 3. The number of halogens is 4. The molecular weight excluding hydrogens is 305 g/mol. The number of nitrogens with zero attached hydrogens (tertiary/aromatic N) is 4. The molecular formula is C13H12ClF3N4. The van der Waals surface area contributed by atoms with E-state index in [1.807, 2.05) is 13.0 Å². The zero-order valence-electron chi connectivity index (χ0n) is 11.1. The minimum atomic E-state index is -4.56. The largest absolute Gasteiger partial charge is 0.433 e. The fraction of sp³-hybridized carbons (Fsp3) is 0.308. The Labute approximate surface area is 124 Å². The molecule has 2 heterocycles. The molecule has 0 saturated carbocycles. The molecule has 0 aliphatic rings. The maximum Gasteiger partial charge on any atom is 0.433 e. The summed E-state index contributed by atoms with van der Waals surface area (Å²) in [5, 5.41) is -0.431. The quantitative estimate of drug-likeness (QED) is 0.809. The van der Waals surface area contributed by atoms with E-state index >= 15 is 0 Å². The Morgan fingerprint density at radius 1 is 1.24 bits per heavy atom. The summed E-state index contributed by atoms with van der Waals surface area (Å²) in [5.41, 5.74) is -0.334. The lowest BCUT2D eigenvalue weighted by Gasteiger charge is -2.22. The fourth-order valence-corrected chi connectivity index (χ4v) is 1.93. The molecule has 0 radical (unpaired) electrons. The predicted molar refractivity (Wildman–Crippen MR) is 73.0 cm³/mol. The number of alkyl halides is 3. The van der Waals surface area contributed by atoms with Crippen LogP contribution in [0.2, 0.25) is 5.28 Å². The van der Waals surface area contributed by atoms with Crippen LogP contribution in [-0.4, -0.2) is 21.5 Å². The molecule has 21 heavy (non-hydrogen) atoms. The van der Waals surface area contributed by atoms with E-state index in [0.717, 1.165) is 11.8 Å². The normalized spacial score (nSPS) is 11.5. The number of hydrogen-bond acceptors (Lipinski definition) is 4. The molecule has 2 aromatic heterocycles. The topological polar surface area (TPSA) is 41.9 Å². The van der Waals surface area contributed by atoms with Crippen LogP contribution < -0.4 is 4.90 Å². The molecule has 0 aromatic carbocycles. The van der Waals surface area contributed by atoms with E-state index in [4.69, 9.17) is 11.6 Å². The van der Waals surface area contributed by atoms with Crippen molar-refractivity contribution in [1.82, 2.24) is 15.0 Å². The van der Waals surface area contributed by atoms with Crippen LogP contribution in [0.4, 0.5) is 19.0 Å². The Bertz CT molecular complexity index is 604. The molecule has 0 aliphatic heterocycles. The van der Waals surface area contributed by atoms with Gasteiger partial charge < -0.3 is 4.90 Å². The summed E-state index contributed by atoms with van der Waals surface area (Å²) in [4.78, 5) is 12.9. The summed E-state index contributed by atoms with van der Waals surface area (Å²) in [6.45, 7) is 2.61. The first-order valence-electron chi connectivity index (χ1n) is 6.16. The maximum absolute atomic E-state index is 12.8. The van der Waals surface area contributed by atoms with Crippen LogP contribution in [-0.2, 0) is 12.7 Å². The summed E-state index contributed by atoms with van der Waals surface area (Å²) in [5.74, 6) is 0.121. The van der Waals surface area contributed by atoms with E-state index in [1.54, 1.807) is 23.2 Å². The van der Waals surface area contributed by atoms with Gasteiger partial charge in [-0.1, -0.05) is 6.07 Å². The molecule has 0 fully saturated rings. The second kappa shape index (κ2) is 6.26. The number of anilines is 1. The highest BCUT2D eigenvalue weighted by Gasteiger charge is 2.34. The van der Waals surface area contributed by atoms with Crippen molar-refractivity contribution in [2.24, 2.45) is 0 Å². The van der Waals surface area contributed by atoms with Crippen molar-refractivity contribution in [1.29, 1.82) is 0 Å². The van der Waals surface area contributed by atoms with Crippen molar-refractivity contribution in [3.8, 4) is 0 Å². The molecule has 0 saturated heterocycles. The molecule has 112 valence electrons. The average molecular weight is 317 g/mol.